The second kappa shape index (κ2) is 0.618. The van der Waals surface area contributed by atoms with E-state index in [9.17, 15) is 0 Å². The first-order valence-electron chi connectivity index (χ1n) is 1.68. The van der Waals surface area contributed by atoms with Crippen molar-refractivity contribution < 1.29 is 0 Å². The molecule has 0 aliphatic carbocycles. The third kappa shape index (κ3) is 0.223. The van der Waals surface area contributed by atoms with Gasteiger partial charge in [0.05, 0.1) is 0 Å². The Hall–Kier alpha value is 0.830. The standard InChI is InChI=1S/C3H4S3/c1-3-4-6(3,2)5-3/h2H,1H3. The average Bonchev–Trinajstić information content (AvgIpc) is 1.78. The van der Waals surface area contributed by atoms with Crippen LogP contribution in [0.3, 0.4) is 0 Å². The summed E-state index contributed by atoms with van der Waals surface area (Å²) in [5, 5.41) is 0. The largest absolute Gasteiger partial charge is 0.135 e. The Morgan fingerprint density at radius 2 is 1.83 bits per heavy atom. The van der Waals surface area contributed by atoms with E-state index in [4.69, 9.17) is 5.69 Å². The molecule has 0 unspecified atom stereocenters. The molecule has 34 valence electrons. The van der Waals surface area contributed by atoms with Gasteiger partial charge in [-0.2, -0.15) is 0 Å². The average molecular weight is 136 g/mol. The van der Waals surface area contributed by atoms with E-state index >= 15 is 0 Å². The van der Waals surface area contributed by atoms with Crippen LogP contribution < -0.4 is 0 Å². The summed E-state index contributed by atoms with van der Waals surface area (Å²) in [7, 11) is 3.38. The van der Waals surface area contributed by atoms with Gasteiger partial charge in [-0.25, -0.2) is 0 Å². The molecule has 3 heteroatoms. The molecule has 2 saturated heterocycles. The zero-order chi connectivity index (χ0) is 4.41. The van der Waals surface area contributed by atoms with Crippen molar-refractivity contribution in [3.63, 3.8) is 0 Å². The highest BCUT2D eigenvalue weighted by Crippen LogP contribution is 3.10. The fourth-order valence-electron chi connectivity index (χ4n) is 0.422. The van der Waals surface area contributed by atoms with Gasteiger partial charge in [-0.15, -0.1) is 5.69 Å². The second-order valence-electron chi connectivity index (χ2n) is 1.57. The van der Waals surface area contributed by atoms with E-state index in [1.165, 1.54) is 0 Å². The van der Waals surface area contributed by atoms with Gasteiger partial charge >= 0.3 is 0 Å². The minimum absolute atomic E-state index is 0.516. The summed E-state index contributed by atoms with van der Waals surface area (Å²) in [6.07, 6.45) is 0. The predicted octanol–water partition coefficient (Wildman–Crippen LogP) is 2.38. The van der Waals surface area contributed by atoms with Crippen molar-refractivity contribution in [3.05, 3.63) is 0 Å². The molecule has 0 amide bonds. The molecule has 0 radical (unpaired) electrons. The van der Waals surface area contributed by atoms with Gasteiger partial charge in [0.2, 0.25) is 0 Å². The molecule has 0 N–H and O–H groups in total. The van der Waals surface area contributed by atoms with Crippen molar-refractivity contribution in [2.75, 3.05) is 0 Å². The molecule has 0 atom stereocenters. The van der Waals surface area contributed by atoms with Crippen LogP contribution >= 0.6 is 29.1 Å². The van der Waals surface area contributed by atoms with E-state index in [-0.39, 0.29) is 0 Å². The summed E-state index contributed by atoms with van der Waals surface area (Å²) in [5.74, 6) is 0. The maximum Gasteiger partial charge on any atom is 0.135 e. The van der Waals surface area contributed by atoms with Crippen LogP contribution in [0, 0.1) is 5.69 Å². The van der Waals surface area contributed by atoms with Gasteiger partial charge in [-0.3, -0.25) is 0 Å². The van der Waals surface area contributed by atoms with Gasteiger partial charge in [0, 0.05) is 0 Å². The van der Waals surface area contributed by atoms with Crippen LogP contribution in [0.5, 0.6) is 0 Å². The molecule has 2 fully saturated rings. The number of rotatable bonds is 0. The lowest BCUT2D eigenvalue weighted by atomic mass is 10.9. The monoisotopic (exact) mass is 136 g/mol. The van der Waals surface area contributed by atoms with Crippen LogP contribution in [0.4, 0.5) is 0 Å². The van der Waals surface area contributed by atoms with Gasteiger partial charge in [-0.1, -0.05) is 29.1 Å². The fraction of sp³-hybridized carbons (Fsp3) is 0.667. The van der Waals surface area contributed by atoms with E-state index in [0.29, 0.717) is 3.41 Å². The molecule has 0 spiro atoms. The van der Waals surface area contributed by atoms with Gasteiger partial charge in [0.1, 0.15) is 3.41 Å². The van der Waals surface area contributed by atoms with Gasteiger partial charge < -0.3 is 0 Å². The van der Waals surface area contributed by atoms with Crippen LogP contribution in [0.2, 0.25) is 0 Å². The molecule has 0 nitrogen and oxygen atoms in total. The number of hydrogen-bond donors (Lipinski definition) is 0. The normalized spacial score (nSPS) is 72.7. The molecule has 2 heterocycles. The number of hydrogen-bond acceptors (Lipinski definition) is 2. The summed E-state index contributed by atoms with van der Waals surface area (Å²) >= 11 is 0. The lowest BCUT2D eigenvalue weighted by Gasteiger charge is -1.75. The SMILES string of the molecule is C#S12SC1(C)S2. The van der Waals surface area contributed by atoms with Crippen molar-refractivity contribution in [1.29, 1.82) is 0 Å². The van der Waals surface area contributed by atoms with Crippen LogP contribution in [-0.4, -0.2) is 3.41 Å². The third-order valence-corrected chi connectivity index (χ3v) is 12.1. The first-order valence-corrected chi connectivity index (χ1v) is 6.04. The third-order valence-electron chi connectivity index (χ3n) is 1.01. The van der Waals surface area contributed by atoms with Gasteiger partial charge in [0.15, 0.2) is 0 Å². The molecule has 0 saturated carbocycles. The predicted molar refractivity (Wildman–Crippen MR) is 36.1 cm³/mol. The highest BCUT2D eigenvalue weighted by Gasteiger charge is 2.73. The zero-order valence-electron chi connectivity index (χ0n) is 3.30. The van der Waals surface area contributed by atoms with E-state index < -0.39 is 7.50 Å². The molecule has 2 aliphatic rings. The van der Waals surface area contributed by atoms with E-state index in [0.717, 1.165) is 0 Å². The minimum Gasteiger partial charge on any atom is -0.124 e. The Morgan fingerprint density at radius 3 is 1.83 bits per heavy atom. The maximum absolute atomic E-state index is 5.68. The van der Waals surface area contributed by atoms with Crippen molar-refractivity contribution in [3.8, 4) is 5.69 Å². The molecular formula is C3H4S3. The van der Waals surface area contributed by atoms with Crippen molar-refractivity contribution in [1.82, 2.24) is 0 Å². The van der Waals surface area contributed by atoms with E-state index in [1.807, 2.05) is 21.6 Å². The summed E-state index contributed by atoms with van der Waals surface area (Å²) < 4.78 is 0.549. The molecule has 0 aromatic heterocycles. The van der Waals surface area contributed by atoms with Crippen molar-refractivity contribution in [2.45, 2.75) is 10.3 Å². The Kier molecular flexibility index (Phi) is 0.390. The first kappa shape index (κ1) is 3.79. The molecule has 0 aromatic carbocycles. The van der Waals surface area contributed by atoms with Crippen LogP contribution in [0.25, 0.3) is 0 Å². The lowest BCUT2D eigenvalue weighted by molar-refractivity contribution is 1.41. The first-order chi connectivity index (χ1) is 2.66. The van der Waals surface area contributed by atoms with Crippen molar-refractivity contribution >= 4 is 29.1 Å². The van der Waals surface area contributed by atoms with E-state index in [1.54, 1.807) is 0 Å². The summed E-state index contributed by atoms with van der Waals surface area (Å²) in [5.41, 5.74) is 5.68. The Balaban J connectivity index is 2.65. The van der Waals surface area contributed by atoms with Crippen LogP contribution in [0.15, 0.2) is 0 Å². The molecule has 0 aromatic rings. The highest BCUT2D eigenvalue weighted by molar-refractivity contribution is 9.48. The topological polar surface area (TPSA) is 0 Å². The Labute approximate surface area is 45.4 Å². The minimum atomic E-state index is -0.516. The fourth-order valence-corrected chi connectivity index (χ4v) is 9.66. The van der Waals surface area contributed by atoms with Gasteiger partial charge in [0.25, 0.3) is 0 Å². The zero-order valence-corrected chi connectivity index (χ0v) is 5.75. The van der Waals surface area contributed by atoms with E-state index in [2.05, 4.69) is 6.92 Å². The molecule has 6 heavy (non-hydrogen) atoms. The quantitative estimate of drug-likeness (QED) is 0.370. The highest BCUT2D eigenvalue weighted by atomic mass is 33.6. The summed E-state index contributed by atoms with van der Waals surface area (Å²) in [6.45, 7) is 2.22. The molecule has 2 rings (SSSR count). The Morgan fingerprint density at radius 1 is 1.67 bits per heavy atom. The molecule has 2 aliphatic heterocycles. The molecular weight excluding hydrogens is 132 g/mol. The summed E-state index contributed by atoms with van der Waals surface area (Å²) in [4.78, 5) is 0. The van der Waals surface area contributed by atoms with Crippen LogP contribution in [0.1, 0.15) is 6.92 Å². The summed E-state index contributed by atoms with van der Waals surface area (Å²) in [6, 6.07) is 0. The smallest absolute Gasteiger partial charge is 0.124 e. The van der Waals surface area contributed by atoms with Crippen molar-refractivity contribution in [2.24, 2.45) is 0 Å². The number of fused-ring (bicyclic) bond motifs is 1. The van der Waals surface area contributed by atoms with Gasteiger partial charge in [-0.05, 0) is 6.92 Å². The Bertz CT molecular complexity index is 181. The lowest BCUT2D eigenvalue weighted by Crippen LogP contribution is -1.65. The van der Waals surface area contributed by atoms with Crippen LogP contribution in [-0.2, 0) is 0 Å². The maximum atomic E-state index is 5.68. The second-order valence-corrected chi connectivity index (χ2v) is 11.0. The molecule has 0 bridgehead atoms.